The monoisotopic (exact) mass is 287 g/mol. The molecule has 0 aliphatic carbocycles. The van der Waals surface area contributed by atoms with Gasteiger partial charge in [0.15, 0.2) is 0 Å². The number of ether oxygens (including phenoxy) is 2. The number of aromatic nitrogens is 1. The van der Waals surface area contributed by atoms with Crippen LogP contribution in [0.5, 0.6) is 11.5 Å². The van der Waals surface area contributed by atoms with Gasteiger partial charge in [-0.1, -0.05) is 6.07 Å². The van der Waals surface area contributed by atoms with Gasteiger partial charge >= 0.3 is 0 Å². The Morgan fingerprint density at radius 3 is 2.86 bits per heavy atom. The van der Waals surface area contributed by atoms with E-state index in [1.54, 1.807) is 13.3 Å². The predicted molar refractivity (Wildman–Crippen MR) is 83.1 cm³/mol. The Bertz CT molecular complexity index is 616. The first kappa shape index (κ1) is 15.3. The van der Waals surface area contributed by atoms with E-state index in [0.717, 1.165) is 42.3 Å². The zero-order valence-electron chi connectivity index (χ0n) is 12.5. The summed E-state index contributed by atoms with van der Waals surface area (Å²) < 4.78 is 11.0. The molecule has 3 rings (SSSR count). The lowest BCUT2D eigenvalue weighted by Gasteiger charge is -2.12. The lowest BCUT2D eigenvalue weighted by atomic mass is 10.0. The highest BCUT2D eigenvalue weighted by Crippen LogP contribution is 2.29. The van der Waals surface area contributed by atoms with Crippen LogP contribution in [-0.2, 0) is 6.54 Å². The van der Waals surface area contributed by atoms with E-state index in [-0.39, 0.29) is 6.15 Å². The zero-order valence-corrected chi connectivity index (χ0v) is 12.5. The van der Waals surface area contributed by atoms with E-state index in [2.05, 4.69) is 29.1 Å². The van der Waals surface area contributed by atoms with Crippen molar-refractivity contribution >= 4 is 0 Å². The third-order valence-electron chi connectivity index (χ3n) is 3.51. The molecule has 112 valence electrons. The lowest BCUT2D eigenvalue weighted by molar-refractivity contribution is 0.259. The van der Waals surface area contributed by atoms with E-state index in [9.17, 15) is 0 Å². The van der Waals surface area contributed by atoms with Crippen molar-refractivity contribution in [1.82, 2.24) is 16.0 Å². The van der Waals surface area contributed by atoms with Gasteiger partial charge in [-0.25, -0.2) is 0 Å². The highest BCUT2D eigenvalue weighted by molar-refractivity contribution is 5.66. The second kappa shape index (κ2) is 6.56. The average Bonchev–Trinajstić information content (AvgIpc) is 2.67. The van der Waals surface area contributed by atoms with Crippen molar-refractivity contribution in [2.24, 2.45) is 0 Å². The van der Waals surface area contributed by atoms with Crippen LogP contribution in [0.1, 0.15) is 5.56 Å². The fourth-order valence-corrected chi connectivity index (χ4v) is 2.39. The summed E-state index contributed by atoms with van der Waals surface area (Å²) in [5.74, 6) is 1.75. The van der Waals surface area contributed by atoms with Gasteiger partial charge in [0.2, 0.25) is 0 Å². The predicted octanol–water partition coefficient (Wildman–Crippen LogP) is 2.74. The van der Waals surface area contributed by atoms with Crippen molar-refractivity contribution in [3.8, 4) is 22.6 Å². The fraction of sp³-hybridized carbons (Fsp3) is 0.312. The largest absolute Gasteiger partial charge is 0.495 e. The third kappa shape index (κ3) is 3.32. The molecule has 0 saturated heterocycles. The SMILES string of the molecule is COc1cncc(-c2ccc3c(c2)CN(C)CCO3)c1.N. The molecule has 0 unspecified atom stereocenters. The van der Waals surface area contributed by atoms with Crippen LogP contribution in [-0.4, -0.2) is 37.2 Å². The first-order chi connectivity index (χ1) is 9.76. The summed E-state index contributed by atoms with van der Waals surface area (Å²) in [4.78, 5) is 6.47. The summed E-state index contributed by atoms with van der Waals surface area (Å²) in [5.41, 5.74) is 3.40. The van der Waals surface area contributed by atoms with E-state index in [0.29, 0.717) is 0 Å². The number of likely N-dealkylation sites (N-methyl/N-ethyl adjacent to an activating group) is 1. The number of hydrogen-bond acceptors (Lipinski definition) is 5. The van der Waals surface area contributed by atoms with Crippen molar-refractivity contribution in [2.45, 2.75) is 6.54 Å². The number of nitrogens with zero attached hydrogens (tertiary/aromatic N) is 2. The second-order valence-corrected chi connectivity index (χ2v) is 5.02. The van der Waals surface area contributed by atoms with E-state index in [1.807, 2.05) is 18.3 Å². The molecule has 0 spiro atoms. The molecular weight excluding hydrogens is 266 g/mol. The Morgan fingerprint density at radius 2 is 2.05 bits per heavy atom. The Labute approximate surface area is 125 Å². The van der Waals surface area contributed by atoms with Gasteiger partial charge in [-0.3, -0.25) is 9.88 Å². The van der Waals surface area contributed by atoms with Crippen LogP contribution in [0.25, 0.3) is 11.1 Å². The maximum Gasteiger partial charge on any atom is 0.137 e. The number of fused-ring (bicyclic) bond motifs is 1. The van der Waals surface area contributed by atoms with Crippen molar-refractivity contribution in [3.05, 3.63) is 42.2 Å². The molecule has 2 heterocycles. The minimum atomic E-state index is 0. The highest BCUT2D eigenvalue weighted by atomic mass is 16.5. The van der Waals surface area contributed by atoms with Crippen LogP contribution >= 0.6 is 0 Å². The van der Waals surface area contributed by atoms with Crippen LogP contribution in [0.2, 0.25) is 0 Å². The quantitative estimate of drug-likeness (QED) is 0.919. The van der Waals surface area contributed by atoms with Gasteiger partial charge in [0.05, 0.1) is 13.3 Å². The molecule has 5 nitrogen and oxygen atoms in total. The van der Waals surface area contributed by atoms with Crippen molar-refractivity contribution in [1.29, 1.82) is 0 Å². The zero-order chi connectivity index (χ0) is 13.9. The molecule has 1 aliphatic rings. The number of rotatable bonds is 2. The Hall–Kier alpha value is -2.11. The van der Waals surface area contributed by atoms with Crippen LogP contribution < -0.4 is 15.6 Å². The van der Waals surface area contributed by atoms with Crippen LogP contribution in [0, 0.1) is 0 Å². The summed E-state index contributed by atoms with van der Waals surface area (Å²) in [6, 6.07) is 8.29. The van der Waals surface area contributed by atoms with E-state index >= 15 is 0 Å². The minimum Gasteiger partial charge on any atom is -0.495 e. The van der Waals surface area contributed by atoms with Gasteiger partial charge in [0, 0.05) is 30.4 Å². The first-order valence-corrected chi connectivity index (χ1v) is 6.70. The van der Waals surface area contributed by atoms with Crippen molar-refractivity contribution in [2.75, 3.05) is 27.3 Å². The van der Waals surface area contributed by atoms with E-state index in [1.165, 1.54) is 5.56 Å². The van der Waals surface area contributed by atoms with Crippen LogP contribution in [0.4, 0.5) is 0 Å². The Kier molecular flexibility index (Phi) is 4.77. The van der Waals surface area contributed by atoms with Gasteiger partial charge < -0.3 is 15.6 Å². The van der Waals surface area contributed by atoms with Gasteiger partial charge in [0.25, 0.3) is 0 Å². The van der Waals surface area contributed by atoms with Crippen LogP contribution in [0.15, 0.2) is 36.7 Å². The number of methoxy groups -OCH3 is 1. The van der Waals surface area contributed by atoms with E-state index in [4.69, 9.17) is 9.47 Å². The van der Waals surface area contributed by atoms with Gasteiger partial charge in [-0.05, 0) is 30.8 Å². The highest BCUT2D eigenvalue weighted by Gasteiger charge is 2.13. The van der Waals surface area contributed by atoms with Crippen molar-refractivity contribution < 1.29 is 9.47 Å². The lowest BCUT2D eigenvalue weighted by Crippen LogP contribution is -2.20. The molecule has 21 heavy (non-hydrogen) atoms. The summed E-state index contributed by atoms with van der Waals surface area (Å²) in [7, 11) is 3.76. The molecule has 0 bridgehead atoms. The molecule has 1 aromatic carbocycles. The average molecular weight is 287 g/mol. The van der Waals surface area contributed by atoms with Gasteiger partial charge in [0.1, 0.15) is 18.1 Å². The standard InChI is InChI=1S/C16H18N2O2.H3N/c1-18-5-6-20-16-4-3-12(7-14(16)11-18)13-8-15(19-2)10-17-9-13;/h3-4,7-10H,5-6,11H2,1-2H3;1H3. The van der Waals surface area contributed by atoms with Gasteiger partial charge in [-0.15, -0.1) is 0 Å². The molecule has 1 aliphatic heterocycles. The molecule has 0 atom stereocenters. The second-order valence-electron chi connectivity index (χ2n) is 5.02. The fourth-order valence-electron chi connectivity index (χ4n) is 2.39. The molecule has 3 N–H and O–H groups in total. The molecule has 0 radical (unpaired) electrons. The summed E-state index contributed by atoms with van der Waals surface area (Å²) in [6.45, 7) is 2.59. The van der Waals surface area contributed by atoms with Gasteiger partial charge in [-0.2, -0.15) is 0 Å². The van der Waals surface area contributed by atoms with E-state index < -0.39 is 0 Å². The Balaban J connectivity index is 0.00000161. The number of hydrogen-bond donors (Lipinski definition) is 1. The molecule has 1 aromatic heterocycles. The third-order valence-corrected chi connectivity index (χ3v) is 3.51. The maximum absolute atomic E-state index is 5.77. The Morgan fingerprint density at radius 1 is 1.19 bits per heavy atom. The molecule has 5 heteroatoms. The minimum absolute atomic E-state index is 0. The van der Waals surface area contributed by atoms with Crippen LogP contribution in [0.3, 0.4) is 0 Å². The molecule has 0 saturated carbocycles. The molecular formula is C16H21N3O2. The van der Waals surface area contributed by atoms with Crippen molar-refractivity contribution in [3.63, 3.8) is 0 Å². The maximum atomic E-state index is 5.77. The number of benzene rings is 1. The summed E-state index contributed by atoms with van der Waals surface area (Å²) in [5, 5.41) is 0. The summed E-state index contributed by atoms with van der Waals surface area (Å²) >= 11 is 0. The smallest absolute Gasteiger partial charge is 0.137 e. The first-order valence-electron chi connectivity index (χ1n) is 6.70. The normalized spacial score (nSPS) is 14.4. The topological polar surface area (TPSA) is 69.6 Å². The molecule has 0 fully saturated rings. The summed E-state index contributed by atoms with van der Waals surface area (Å²) in [6.07, 6.45) is 3.56. The molecule has 0 amide bonds. The number of pyridine rings is 1. The molecule has 2 aromatic rings.